The smallest absolute Gasteiger partial charge is 0.165 e. The van der Waals surface area contributed by atoms with Crippen LogP contribution in [0.4, 0.5) is 4.39 Å². The maximum atomic E-state index is 13.6. The number of benzene rings is 1. The summed E-state index contributed by atoms with van der Waals surface area (Å²) in [5, 5.41) is 0. The maximum absolute atomic E-state index is 13.6. The van der Waals surface area contributed by atoms with Gasteiger partial charge in [-0.3, -0.25) is 0 Å². The van der Waals surface area contributed by atoms with Crippen molar-refractivity contribution in [1.82, 2.24) is 0 Å². The summed E-state index contributed by atoms with van der Waals surface area (Å²) in [6.45, 7) is 4.91. The van der Waals surface area contributed by atoms with Crippen LogP contribution < -0.4 is 10.5 Å². The summed E-state index contributed by atoms with van der Waals surface area (Å²) in [4.78, 5) is 0. The fraction of sp³-hybridized carbons (Fsp3) is 0.571. The molecule has 1 rings (SSSR count). The quantitative estimate of drug-likeness (QED) is 0.827. The Morgan fingerprint density at radius 2 is 2.12 bits per heavy atom. The van der Waals surface area contributed by atoms with E-state index in [-0.39, 0.29) is 11.2 Å². The summed E-state index contributed by atoms with van der Waals surface area (Å²) >= 11 is 0. The topological polar surface area (TPSA) is 35.2 Å². The molecule has 1 unspecified atom stereocenters. The van der Waals surface area contributed by atoms with Gasteiger partial charge in [0.25, 0.3) is 0 Å². The van der Waals surface area contributed by atoms with E-state index in [1.807, 2.05) is 6.07 Å². The highest BCUT2D eigenvalue weighted by atomic mass is 19.1. The van der Waals surface area contributed by atoms with E-state index in [0.29, 0.717) is 12.3 Å². The van der Waals surface area contributed by atoms with Crippen LogP contribution in [-0.4, -0.2) is 13.7 Å². The molecule has 0 bridgehead atoms. The predicted molar refractivity (Wildman–Crippen MR) is 68.7 cm³/mol. The molecule has 2 nitrogen and oxygen atoms in total. The second-order valence-corrected chi connectivity index (χ2v) is 4.91. The van der Waals surface area contributed by atoms with Gasteiger partial charge in [0.15, 0.2) is 11.6 Å². The molecule has 96 valence electrons. The van der Waals surface area contributed by atoms with E-state index in [4.69, 9.17) is 10.5 Å². The molecule has 0 spiro atoms. The molecule has 3 heteroatoms. The number of hydrogen-bond acceptors (Lipinski definition) is 2. The second-order valence-electron chi connectivity index (χ2n) is 4.91. The van der Waals surface area contributed by atoms with E-state index in [9.17, 15) is 4.39 Å². The van der Waals surface area contributed by atoms with Crippen molar-refractivity contribution < 1.29 is 9.13 Å². The van der Waals surface area contributed by atoms with Crippen LogP contribution in [-0.2, 0) is 6.42 Å². The van der Waals surface area contributed by atoms with Gasteiger partial charge in [-0.2, -0.15) is 0 Å². The van der Waals surface area contributed by atoms with E-state index >= 15 is 0 Å². The molecule has 17 heavy (non-hydrogen) atoms. The number of nitrogens with two attached hydrogens (primary N) is 1. The van der Waals surface area contributed by atoms with Crippen LogP contribution >= 0.6 is 0 Å². The Morgan fingerprint density at radius 1 is 1.41 bits per heavy atom. The first-order chi connectivity index (χ1) is 8.04. The highest BCUT2D eigenvalue weighted by Crippen LogP contribution is 2.28. The average Bonchev–Trinajstić information content (AvgIpc) is 2.29. The van der Waals surface area contributed by atoms with Crippen molar-refractivity contribution >= 4 is 0 Å². The van der Waals surface area contributed by atoms with Gasteiger partial charge in [-0.15, -0.1) is 0 Å². The lowest BCUT2D eigenvalue weighted by Gasteiger charge is -2.27. The average molecular weight is 239 g/mol. The molecule has 1 atom stereocenters. The summed E-state index contributed by atoms with van der Waals surface area (Å²) in [7, 11) is 1.47. The summed E-state index contributed by atoms with van der Waals surface area (Å²) in [5.41, 5.74) is 6.84. The largest absolute Gasteiger partial charge is 0.494 e. The minimum absolute atomic E-state index is 0.0514. The van der Waals surface area contributed by atoms with Gasteiger partial charge < -0.3 is 10.5 Å². The van der Waals surface area contributed by atoms with Crippen LogP contribution in [0.3, 0.4) is 0 Å². The minimum atomic E-state index is -0.305. The fourth-order valence-corrected chi connectivity index (χ4v) is 2.18. The molecule has 0 saturated carbocycles. The first-order valence-corrected chi connectivity index (χ1v) is 6.07. The molecule has 0 amide bonds. The fourth-order valence-electron chi connectivity index (χ4n) is 2.18. The van der Waals surface area contributed by atoms with Gasteiger partial charge in [-0.25, -0.2) is 4.39 Å². The summed E-state index contributed by atoms with van der Waals surface area (Å²) < 4.78 is 18.5. The van der Waals surface area contributed by atoms with Gasteiger partial charge in [0.1, 0.15) is 0 Å². The molecule has 0 saturated heterocycles. The van der Waals surface area contributed by atoms with Gasteiger partial charge in [0.05, 0.1) is 7.11 Å². The lowest BCUT2D eigenvalue weighted by atomic mass is 9.80. The van der Waals surface area contributed by atoms with Gasteiger partial charge >= 0.3 is 0 Å². The van der Waals surface area contributed by atoms with Gasteiger partial charge in [-0.05, 0) is 42.5 Å². The number of methoxy groups -OCH3 is 1. The molecular formula is C14H22FNO. The Kier molecular flexibility index (Phi) is 4.94. The zero-order valence-corrected chi connectivity index (χ0v) is 10.9. The Labute approximate surface area is 103 Å². The Morgan fingerprint density at radius 3 is 2.59 bits per heavy atom. The van der Waals surface area contributed by atoms with E-state index in [2.05, 4.69) is 13.8 Å². The van der Waals surface area contributed by atoms with Crippen LogP contribution in [0.25, 0.3) is 0 Å². The number of halogens is 1. The van der Waals surface area contributed by atoms with Crippen molar-refractivity contribution in [2.45, 2.75) is 33.1 Å². The lowest BCUT2D eigenvalue weighted by Crippen LogP contribution is -2.29. The number of rotatable bonds is 6. The molecule has 2 N–H and O–H groups in total. The summed E-state index contributed by atoms with van der Waals surface area (Å²) in [6, 6.07) is 5.13. The van der Waals surface area contributed by atoms with E-state index in [0.717, 1.165) is 24.8 Å². The predicted octanol–water partition coefficient (Wildman–Crippen LogP) is 3.14. The third-order valence-electron chi connectivity index (χ3n) is 3.19. The van der Waals surface area contributed by atoms with Crippen molar-refractivity contribution in [3.63, 3.8) is 0 Å². The Balaban J connectivity index is 2.83. The molecule has 0 aliphatic carbocycles. The minimum Gasteiger partial charge on any atom is -0.494 e. The molecule has 0 heterocycles. The van der Waals surface area contributed by atoms with Crippen molar-refractivity contribution in [2.24, 2.45) is 11.1 Å². The Bertz CT molecular complexity index is 367. The normalized spacial score (nSPS) is 14.4. The van der Waals surface area contributed by atoms with Crippen LogP contribution in [0.2, 0.25) is 0 Å². The highest BCUT2D eigenvalue weighted by Gasteiger charge is 2.22. The van der Waals surface area contributed by atoms with Crippen molar-refractivity contribution in [2.75, 3.05) is 13.7 Å². The zero-order valence-electron chi connectivity index (χ0n) is 10.9. The molecule has 0 aliphatic heterocycles. The number of ether oxygens (including phenoxy) is 1. The second kappa shape index (κ2) is 6.01. The van der Waals surface area contributed by atoms with E-state index < -0.39 is 0 Å². The lowest BCUT2D eigenvalue weighted by molar-refractivity contribution is 0.302. The SMILES string of the molecule is CCCC(C)(CN)Cc1ccc(OC)c(F)c1. The monoisotopic (exact) mass is 239 g/mol. The first-order valence-electron chi connectivity index (χ1n) is 6.07. The summed E-state index contributed by atoms with van der Waals surface area (Å²) in [6.07, 6.45) is 2.95. The van der Waals surface area contributed by atoms with Gasteiger partial charge in [0.2, 0.25) is 0 Å². The molecule has 1 aromatic rings. The van der Waals surface area contributed by atoms with Crippen molar-refractivity contribution in [3.05, 3.63) is 29.6 Å². The Hall–Kier alpha value is -1.09. The molecular weight excluding hydrogens is 217 g/mol. The molecule has 0 radical (unpaired) electrons. The van der Waals surface area contributed by atoms with Crippen molar-refractivity contribution in [3.8, 4) is 5.75 Å². The van der Waals surface area contributed by atoms with Crippen LogP contribution in [0.15, 0.2) is 18.2 Å². The van der Waals surface area contributed by atoms with Crippen LogP contribution in [0.5, 0.6) is 5.75 Å². The van der Waals surface area contributed by atoms with Crippen LogP contribution in [0, 0.1) is 11.2 Å². The third kappa shape index (κ3) is 3.70. The first kappa shape index (κ1) is 14.0. The van der Waals surface area contributed by atoms with Crippen LogP contribution in [0.1, 0.15) is 32.3 Å². The number of hydrogen-bond donors (Lipinski definition) is 1. The third-order valence-corrected chi connectivity index (χ3v) is 3.19. The van der Waals surface area contributed by atoms with Gasteiger partial charge in [-0.1, -0.05) is 26.3 Å². The molecule has 0 aromatic heterocycles. The van der Waals surface area contributed by atoms with Gasteiger partial charge in [0, 0.05) is 0 Å². The zero-order chi connectivity index (χ0) is 12.9. The van der Waals surface area contributed by atoms with E-state index in [1.165, 1.54) is 7.11 Å². The molecule has 0 fully saturated rings. The van der Waals surface area contributed by atoms with E-state index in [1.54, 1.807) is 12.1 Å². The molecule has 1 aromatic carbocycles. The standard InChI is InChI=1S/C14H22FNO/c1-4-7-14(2,10-16)9-11-5-6-13(17-3)12(15)8-11/h5-6,8H,4,7,9-10,16H2,1-3H3. The highest BCUT2D eigenvalue weighted by molar-refractivity contribution is 5.29. The summed E-state index contributed by atoms with van der Waals surface area (Å²) in [5.74, 6) is -0.0143. The molecule has 0 aliphatic rings. The van der Waals surface area contributed by atoms with Crippen molar-refractivity contribution in [1.29, 1.82) is 0 Å². The maximum Gasteiger partial charge on any atom is 0.165 e.